The molecule has 0 aromatic heterocycles. The van der Waals surface area contributed by atoms with Gasteiger partial charge in [-0.25, -0.2) is 4.79 Å². The SMILES string of the molecule is C[C@@H]1CCc2ccccc2N1C(=O)CCN1C(=O)NC2(CCCC2)C1=O. The van der Waals surface area contributed by atoms with Crippen molar-refractivity contribution in [3.63, 3.8) is 0 Å². The van der Waals surface area contributed by atoms with Gasteiger partial charge in [0.05, 0.1) is 0 Å². The van der Waals surface area contributed by atoms with Crippen LogP contribution in [-0.4, -0.2) is 40.9 Å². The fourth-order valence-corrected chi connectivity index (χ4v) is 4.59. The van der Waals surface area contributed by atoms with Gasteiger partial charge in [0.1, 0.15) is 5.54 Å². The van der Waals surface area contributed by atoms with Gasteiger partial charge in [-0.15, -0.1) is 0 Å². The molecule has 1 aromatic rings. The van der Waals surface area contributed by atoms with E-state index in [2.05, 4.69) is 18.3 Å². The summed E-state index contributed by atoms with van der Waals surface area (Å²) in [5.74, 6) is -0.183. The third-order valence-electron chi connectivity index (χ3n) is 6.04. The van der Waals surface area contributed by atoms with Gasteiger partial charge in [-0.05, 0) is 44.2 Å². The van der Waals surface area contributed by atoms with Crippen molar-refractivity contribution in [2.45, 2.75) is 63.5 Å². The van der Waals surface area contributed by atoms with Crippen LogP contribution in [0, 0.1) is 0 Å². The second-order valence-electron chi connectivity index (χ2n) is 7.71. The second-order valence-corrected chi connectivity index (χ2v) is 7.71. The lowest BCUT2D eigenvalue weighted by Gasteiger charge is -2.35. The largest absolute Gasteiger partial charge is 0.325 e. The molecule has 6 heteroatoms. The average molecular weight is 355 g/mol. The van der Waals surface area contributed by atoms with Crippen molar-refractivity contribution < 1.29 is 14.4 Å². The van der Waals surface area contributed by atoms with Crippen LogP contribution in [0.25, 0.3) is 0 Å². The minimum Gasteiger partial charge on any atom is -0.323 e. The zero-order valence-electron chi connectivity index (χ0n) is 15.2. The van der Waals surface area contributed by atoms with Crippen LogP contribution in [0.5, 0.6) is 0 Å². The molecule has 138 valence electrons. The normalized spacial score (nSPS) is 24.1. The summed E-state index contributed by atoms with van der Waals surface area (Å²) < 4.78 is 0. The number of carbonyl (C=O) groups excluding carboxylic acids is 3. The zero-order valence-corrected chi connectivity index (χ0v) is 15.2. The lowest BCUT2D eigenvalue weighted by atomic mass is 9.96. The van der Waals surface area contributed by atoms with Crippen molar-refractivity contribution in [3.05, 3.63) is 29.8 Å². The van der Waals surface area contributed by atoms with Crippen LogP contribution >= 0.6 is 0 Å². The summed E-state index contributed by atoms with van der Waals surface area (Å²) in [6.07, 6.45) is 5.39. The number of amides is 4. The maximum absolute atomic E-state index is 12.9. The Labute approximate surface area is 153 Å². The molecule has 1 atom stereocenters. The monoisotopic (exact) mass is 355 g/mol. The average Bonchev–Trinajstić information content (AvgIpc) is 3.19. The van der Waals surface area contributed by atoms with E-state index in [1.54, 1.807) is 0 Å². The van der Waals surface area contributed by atoms with Gasteiger partial charge in [-0.2, -0.15) is 0 Å². The highest BCUT2D eigenvalue weighted by Gasteiger charge is 2.52. The molecule has 2 fully saturated rings. The minimum atomic E-state index is -0.703. The third kappa shape index (κ3) is 2.68. The number of aryl methyl sites for hydroxylation is 1. The van der Waals surface area contributed by atoms with Gasteiger partial charge in [0.15, 0.2) is 0 Å². The van der Waals surface area contributed by atoms with Gasteiger partial charge in [0.2, 0.25) is 5.91 Å². The number of hydrogen-bond donors (Lipinski definition) is 1. The number of benzene rings is 1. The summed E-state index contributed by atoms with van der Waals surface area (Å²) in [6.45, 7) is 2.20. The van der Waals surface area contributed by atoms with E-state index in [4.69, 9.17) is 0 Å². The van der Waals surface area contributed by atoms with Crippen molar-refractivity contribution >= 4 is 23.5 Å². The number of para-hydroxylation sites is 1. The van der Waals surface area contributed by atoms with Crippen molar-refractivity contribution in [2.75, 3.05) is 11.4 Å². The van der Waals surface area contributed by atoms with Gasteiger partial charge in [-0.3, -0.25) is 14.5 Å². The molecule has 1 N–H and O–H groups in total. The zero-order chi connectivity index (χ0) is 18.3. The van der Waals surface area contributed by atoms with Crippen molar-refractivity contribution in [1.82, 2.24) is 10.2 Å². The topological polar surface area (TPSA) is 69.7 Å². The number of fused-ring (bicyclic) bond motifs is 1. The molecule has 1 saturated heterocycles. The molecular formula is C20H25N3O3. The number of carbonyl (C=O) groups is 3. The van der Waals surface area contributed by atoms with E-state index in [0.29, 0.717) is 12.8 Å². The molecule has 2 aliphatic heterocycles. The summed E-state index contributed by atoms with van der Waals surface area (Å²) in [5, 5.41) is 2.87. The number of rotatable bonds is 3. The highest BCUT2D eigenvalue weighted by atomic mass is 16.2. The Balaban J connectivity index is 1.46. The maximum Gasteiger partial charge on any atom is 0.325 e. The summed E-state index contributed by atoms with van der Waals surface area (Å²) in [5.41, 5.74) is 1.44. The van der Waals surface area contributed by atoms with Gasteiger partial charge in [-0.1, -0.05) is 31.0 Å². The number of hydrogen-bond acceptors (Lipinski definition) is 3. The number of nitrogens with one attached hydrogen (secondary N) is 1. The van der Waals surface area contributed by atoms with Crippen LogP contribution in [-0.2, 0) is 16.0 Å². The molecule has 0 bridgehead atoms. The van der Waals surface area contributed by atoms with E-state index >= 15 is 0 Å². The molecule has 1 saturated carbocycles. The molecule has 0 radical (unpaired) electrons. The van der Waals surface area contributed by atoms with Gasteiger partial charge < -0.3 is 10.2 Å². The maximum atomic E-state index is 12.9. The summed E-state index contributed by atoms with van der Waals surface area (Å²) in [4.78, 5) is 41.0. The minimum absolute atomic E-state index is 0.0300. The Hall–Kier alpha value is -2.37. The van der Waals surface area contributed by atoms with E-state index < -0.39 is 5.54 Å². The standard InChI is InChI=1S/C20H25N3O3/c1-14-8-9-15-6-2-3-7-16(15)23(14)17(24)10-13-22-18(25)20(21-19(22)26)11-4-5-12-20/h2-3,6-7,14H,4-5,8-13H2,1H3,(H,21,26)/t14-/m1/s1. The van der Waals surface area contributed by atoms with Gasteiger partial charge in [0.25, 0.3) is 5.91 Å². The molecule has 6 nitrogen and oxygen atoms in total. The summed E-state index contributed by atoms with van der Waals surface area (Å²) in [7, 11) is 0. The van der Waals surface area contributed by atoms with Crippen molar-refractivity contribution in [1.29, 1.82) is 0 Å². The molecule has 4 rings (SSSR count). The smallest absolute Gasteiger partial charge is 0.323 e. The second kappa shape index (κ2) is 6.41. The molecule has 1 spiro atoms. The molecule has 3 aliphatic rings. The predicted octanol–water partition coefficient (Wildman–Crippen LogP) is 2.61. The fraction of sp³-hybridized carbons (Fsp3) is 0.550. The van der Waals surface area contributed by atoms with E-state index in [1.807, 2.05) is 23.1 Å². The van der Waals surface area contributed by atoms with E-state index in [1.165, 1.54) is 10.5 Å². The van der Waals surface area contributed by atoms with Crippen LogP contribution in [0.4, 0.5) is 10.5 Å². The Bertz CT molecular complexity index is 754. The van der Waals surface area contributed by atoms with Crippen molar-refractivity contribution in [3.8, 4) is 0 Å². The number of anilines is 1. The van der Waals surface area contributed by atoms with Crippen LogP contribution in [0.3, 0.4) is 0 Å². The fourth-order valence-electron chi connectivity index (χ4n) is 4.59. The van der Waals surface area contributed by atoms with Crippen LogP contribution in [0.1, 0.15) is 51.0 Å². The van der Waals surface area contributed by atoms with Crippen LogP contribution < -0.4 is 10.2 Å². The lowest BCUT2D eigenvalue weighted by Crippen LogP contribution is -2.45. The Morgan fingerprint density at radius 2 is 1.96 bits per heavy atom. The molecule has 1 aliphatic carbocycles. The first-order valence-corrected chi connectivity index (χ1v) is 9.56. The molecular weight excluding hydrogens is 330 g/mol. The van der Waals surface area contributed by atoms with Crippen LogP contribution in [0.15, 0.2) is 24.3 Å². The lowest BCUT2D eigenvalue weighted by molar-refractivity contribution is -0.131. The van der Waals surface area contributed by atoms with E-state index in [-0.39, 0.29) is 36.9 Å². The first-order valence-electron chi connectivity index (χ1n) is 9.56. The highest BCUT2D eigenvalue weighted by Crippen LogP contribution is 2.35. The van der Waals surface area contributed by atoms with Gasteiger partial charge in [0, 0.05) is 24.7 Å². The number of urea groups is 1. The Morgan fingerprint density at radius 3 is 2.73 bits per heavy atom. The van der Waals surface area contributed by atoms with E-state index in [0.717, 1.165) is 31.4 Å². The van der Waals surface area contributed by atoms with Crippen molar-refractivity contribution in [2.24, 2.45) is 0 Å². The number of imide groups is 1. The first-order chi connectivity index (χ1) is 12.5. The van der Waals surface area contributed by atoms with Gasteiger partial charge >= 0.3 is 6.03 Å². The summed E-state index contributed by atoms with van der Waals surface area (Å²) in [6, 6.07) is 7.75. The molecule has 0 unspecified atom stereocenters. The van der Waals surface area contributed by atoms with Crippen LogP contribution in [0.2, 0.25) is 0 Å². The molecule has 1 aromatic carbocycles. The van der Waals surface area contributed by atoms with E-state index in [9.17, 15) is 14.4 Å². The number of nitrogens with zero attached hydrogens (tertiary/aromatic N) is 2. The molecule has 4 amide bonds. The quantitative estimate of drug-likeness (QED) is 0.848. The molecule has 2 heterocycles. The Morgan fingerprint density at radius 1 is 1.23 bits per heavy atom. The predicted molar refractivity (Wildman–Crippen MR) is 97.8 cm³/mol. The Kier molecular flexibility index (Phi) is 4.21. The highest BCUT2D eigenvalue weighted by molar-refractivity contribution is 6.07. The summed E-state index contributed by atoms with van der Waals surface area (Å²) >= 11 is 0. The first kappa shape index (κ1) is 17.1. The molecule has 26 heavy (non-hydrogen) atoms. The third-order valence-corrected chi connectivity index (χ3v) is 6.04.